The Morgan fingerprint density at radius 1 is 0.949 bits per heavy atom. The summed E-state index contributed by atoms with van der Waals surface area (Å²) in [5.41, 5.74) is 3.53. The number of aryl methyl sites for hydroxylation is 1. The molecule has 0 aliphatic carbocycles. The minimum absolute atomic E-state index is 0.0337. The summed E-state index contributed by atoms with van der Waals surface area (Å²) in [6.45, 7) is 4.39. The molecule has 0 N–H and O–H groups in total. The Morgan fingerprint density at radius 3 is 2.46 bits per heavy atom. The van der Waals surface area contributed by atoms with E-state index in [0.29, 0.717) is 18.9 Å². The van der Waals surface area contributed by atoms with Gasteiger partial charge in [0.2, 0.25) is 10.0 Å². The summed E-state index contributed by atoms with van der Waals surface area (Å²) in [4.78, 5) is 14.7. The minimum atomic E-state index is -3.98. The second-order valence-electron chi connectivity index (χ2n) is 10.1. The van der Waals surface area contributed by atoms with Gasteiger partial charge in [0.15, 0.2) is 0 Å². The van der Waals surface area contributed by atoms with Gasteiger partial charge in [0.25, 0.3) is 0 Å². The molecule has 0 radical (unpaired) electrons. The Kier molecular flexibility index (Phi) is 9.78. The Labute approximate surface area is 232 Å². The molecule has 3 aromatic rings. The van der Waals surface area contributed by atoms with Crippen LogP contribution in [0.1, 0.15) is 52.2 Å². The Morgan fingerprint density at radius 2 is 1.69 bits per heavy atom. The number of benzene rings is 3. The molecule has 39 heavy (non-hydrogen) atoms. The van der Waals surface area contributed by atoms with Crippen LogP contribution in [0.25, 0.3) is 0 Å². The van der Waals surface area contributed by atoms with E-state index in [-0.39, 0.29) is 23.6 Å². The van der Waals surface area contributed by atoms with Gasteiger partial charge in [-0.15, -0.1) is 0 Å². The van der Waals surface area contributed by atoms with Crippen LogP contribution in [-0.2, 0) is 21.3 Å². The van der Waals surface area contributed by atoms with Crippen molar-refractivity contribution in [2.24, 2.45) is 0 Å². The van der Waals surface area contributed by atoms with Gasteiger partial charge in [0.05, 0.1) is 17.6 Å². The van der Waals surface area contributed by atoms with Gasteiger partial charge in [0, 0.05) is 25.2 Å². The number of hydrogen-bond donors (Lipinski definition) is 0. The Balaban J connectivity index is 1.67. The number of nitrogens with zero attached hydrogens (tertiary/aromatic N) is 2. The van der Waals surface area contributed by atoms with Crippen molar-refractivity contribution in [3.05, 3.63) is 95.1 Å². The van der Waals surface area contributed by atoms with Gasteiger partial charge in [-0.25, -0.2) is 13.2 Å². The van der Waals surface area contributed by atoms with Crippen LogP contribution in [0.4, 0.5) is 0 Å². The SMILES string of the molecule is COC(=O)c1ccccc1S(=O)(=O)N1CCCC(c2ccccc2)CCN(C)Cc2cc(C)ccc2OCC1. The van der Waals surface area contributed by atoms with Crippen LogP contribution in [0.5, 0.6) is 5.75 Å². The zero-order valence-electron chi connectivity index (χ0n) is 23.0. The van der Waals surface area contributed by atoms with E-state index in [1.54, 1.807) is 12.1 Å². The molecule has 208 valence electrons. The quantitative estimate of drug-likeness (QED) is 0.413. The molecule has 7 nitrogen and oxygen atoms in total. The lowest BCUT2D eigenvalue weighted by atomic mass is 9.91. The monoisotopic (exact) mass is 550 g/mol. The molecule has 1 atom stereocenters. The molecule has 0 saturated heterocycles. The molecule has 0 spiro atoms. The van der Waals surface area contributed by atoms with Crippen LogP contribution in [0.3, 0.4) is 0 Å². The summed E-state index contributed by atoms with van der Waals surface area (Å²) in [5.74, 6) is 0.387. The first-order valence-electron chi connectivity index (χ1n) is 13.4. The molecular formula is C31H38N2O5S. The van der Waals surface area contributed by atoms with Gasteiger partial charge in [-0.3, -0.25) is 0 Å². The second-order valence-corrected chi connectivity index (χ2v) is 12.0. The number of sulfonamides is 1. The van der Waals surface area contributed by atoms with E-state index in [9.17, 15) is 13.2 Å². The fourth-order valence-corrected chi connectivity index (χ4v) is 6.80. The Hall–Kier alpha value is -3.20. The molecular weight excluding hydrogens is 512 g/mol. The highest BCUT2D eigenvalue weighted by atomic mass is 32.2. The smallest absolute Gasteiger partial charge is 0.339 e. The fourth-order valence-electron chi connectivity index (χ4n) is 5.15. The largest absolute Gasteiger partial charge is 0.492 e. The molecule has 1 unspecified atom stereocenters. The topological polar surface area (TPSA) is 76.2 Å². The molecule has 0 bridgehead atoms. The average Bonchev–Trinajstić information content (AvgIpc) is 2.94. The number of fused-ring (bicyclic) bond motifs is 1. The highest BCUT2D eigenvalue weighted by Crippen LogP contribution is 2.29. The van der Waals surface area contributed by atoms with Crippen molar-refractivity contribution in [3.8, 4) is 5.75 Å². The van der Waals surface area contributed by atoms with Crippen molar-refractivity contribution < 1.29 is 22.7 Å². The maximum atomic E-state index is 13.9. The first-order valence-corrected chi connectivity index (χ1v) is 14.9. The minimum Gasteiger partial charge on any atom is -0.492 e. The van der Waals surface area contributed by atoms with Crippen molar-refractivity contribution in [1.82, 2.24) is 9.21 Å². The first kappa shape index (κ1) is 28.8. The van der Waals surface area contributed by atoms with E-state index in [4.69, 9.17) is 9.47 Å². The van der Waals surface area contributed by atoms with Crippen LogP contribution in [0.2, 0.25) is 0 Å². The molecule has 8 heteroatoms. The highest BCUT2D eigenvalue weighted by Gasteiger charge is 2.29. The van der Waals surface area contributed by atoms with Crippen LogP contribution in [-0.4, -0.2) is 64.0 Å². The van der Waals surface area contributed by atoms with Gasteiger partial charge < -0.3 is 14.4 Å². The van der Waals surface area contributed by atoms with E-state index in [0.717, 1.165) is 42.8 Å². The van der Waals surface area contributed by atoms with Crippen LogP contribution >= 0.6 is 0 Å². The average molecular weight is 551 g/mol. The van der Waals surface area contributed by atoms with E-state index in [2.05, 4.69) is 49.2 Å². The lowest BCUT2D eigenvalue weighted by Crippen LogP contribution is -2.36. The lowest BCUT2D eigenvalue weighted by Gasteiger charge is -2.27. The van der Waals surface area contributed by atoms with Crippen molar-refractivity contribution in [3.63, 3.8) is 0 Å². The number of hydrogen-bond acceptors (Lipinski definition) is 6. The van der Waals surface area contributed by atoms with E-state index in [1.165, 1.54) is 29.1 Å². The number of methoxy groups -OCH3 is 1. The molecule has 1 aliphatic rings. The van der Waals surface area contributed by atoms with Crippen LogP contribution in [0.15, 0.2) is 77.7 Å². The van der Waals surface area contributed by atoms with Crippen LogP contribution in [0, 0.1) is 6.92 Å². The first-order chi connectivity index (χ1) is 18.8. The third-order valence-corrected chi connectivity index (χ3v) is 9.21. The summed E-state index contributed by atoms with van der Waals surface area (Å²) in [6, 6.07) is 22.8. The van der Waals surface area contributed by atoms with Crippen molar-refractivity contribution in [1.29, 1.82) is 0 Å². The fraction of sp³-hybridized carbons (Fsp3) is 0.387. The summed E-state index contributed by atoms with van der Waals surface area (Å²) < 4.78 is 40.3. The van der Waals surface area contributed by atoms with Gasteiger partial charge in [-0.1, -0.05) is 60.2 Å². The molecule has 0 aromatic heterocycles. The number of carbonyl (C=O) groups excluding carboxylic acids is 1. The predicted molar refractivity (Wildman–Crippen MR) is 153 cm³/mol. The number of carbonyl (C=O) groups is 1. The standard InChI is InChI=1S/C31H38N2O5S/c1-24-15-16-29-27(22-24)23-32(2)19-17-26(25-10-5-4-6-11-25)12-9-18-33(20-21-38-29)39(35,36)30-14-8-7-13-28(30)31(34)37-3/h4-8,10-11,13-16,22,26H,9,12,17-21,23H2,1-3H3. The number of esters is 1. The normalized spacial score (nSPS) is 18.4. The molecule has 0 fully saturated rings. The molecule has 4 rings (SSSR count). The molecule has 0 saturated carbocycles. The third-order valence-electron chi connectivity index (χ3n) is 7.26. The van der Waals surface area contributed by atoms with E-state index < -0.39 is 16.0 Å². The third kappa shape index (κ3) is 7.26. The Bertz CT molecular complexity index is 1360. The lowest BCUT2D eigenvalue weighted by molar-refractivity contribution is 0.0596. The van der Waals surface area contributed by atoms with E-state index in [1.807, 2.05) is 18.2 Å². The van der Waals surface area contributed by atoms with Crippen molar-refractivity contribution in [2.45, 2.75) is 43.5 Å². The van der Waals surface area contributed by atoms with Gasteiger partial charge >= 0.3 is 5.97 Å². The second kappa shape index (κ2) is 13.2. The predicted octanol–water partition coefficient (Wildman–Crippen LogP) is 5.25. The van der Waals surface area contributed by atoms with E-state index >= 15 is 0 Å². The summed E-state index contributed by atoms with van der Waals surface area (Å²) >= 11 is 0. The van der Waals surface area contributed by atoms with Crippen LogP contribution < -0.4 is 4.74 Å². The number of ether oxygens (including phenoxy) is 2. The molecule has 0 amide bonds. The van der Waals surface area contributed by atoms with Crippen molar-refractivity contribution in [2.75, 3.05) is 40.4 Å². The maximum absolute atomic E-state index is 13.9. The highest BCUT2D eigenvalue weighted by molar-refractivity contribution is 7.89. The number of rotatable bonds is 4. The molecule has 1 heterocycles. The van der Waals surface area contributed by atoms with Gasteiger partial charge in [-0.2, -0.15) is 4.31 Å². The van der Waals surface area contributed by atoms with Gasteiger partial charge in [-0.05, 0) is 69.5 Å². The maximum Gasteiger partial charge on any atom is 0.339 e. The zero-order chi connectivity index (χ0) is 27.8. The summed E-state index contributed by atoms with van der Waals surface area (Å²) in [7, 11) is -0.600. The molecule has 1 aliphatic heterocycles. The summed E-state index contributed by atoms with van der Waals surface area (Å²) in [5, 5.41) is 0. The van der Waals surface area contributed by atoms with Gasteiger partial charge in [0.1, 0.15) is 12.4 Å². The summed E-state index contributed by atoms with van der Waals surface area (Å²) in [6.07, 6.45) is 2.48. The molecule has 3 aromatic carbocycles. The van der Waals surface area contributed by atoms with Crippen molar-refractivity contribution >= 4 is 16.0 Å². The zero-order valence-corrected chi connectivity index (χ0v) is 23.8.